The van der Waals surface area contributed by atoms with Crippen molar-refractivity contribution in [2.75, 3.05) is 12.4 Å². The van der Waals surface area contributed by atoms with Crippen molar-refractivity contribution in [3.63, 3.8) is 0 Å². The third kappa shape index (κ3) is 5.53. The number of rotatable bonds is 8. The lowest BCUT2D eigenvalue weighted by Gasteiger charge is -2.28. The molecule has 0 aliphatic heterocycles. The van der Waals surface area contributed by atoms with Gasteiger partial charge in [-0.2, -0.15) is 5.10 Å². The van der Waals surface area contributed by atoms with Gasteiger partial charge in [-0.05, 0) is 55.9 Å². The van der Waals surface area contributed by atoms with E-state index in [1.54, 1.807) is 54.5 Å². The monoisotopic (exact) mass is 485 g/mol. The zero-order chi connectivity index (χ0) is 24.1. The number of aromatic nitrogens is 4. The molecule has 180 valence electrons. The van der Waals surface area contributed by atoms with Crippen LogP contribution >= 0.6 is 0 Å². The van der Waals surface area contributed by atoms with E-state index in [9.17, 15) is 13.2 Å². The van der Waals surface area contributed by atoms with Crippen molar-refractivity contribution >= 4 is 15.9 Å². The molecule has 1 aliphatic rings. The lowest BCUT2D eigenvalue weighted by atomic mass is 9.86. The molecule has 1 saturated carbocycles. The molecule has 0 saturated heterocycles. The first kappa shape index (κ1) is 23.7. The molecule has 0 spiro atoms. The number of hydrogen-bond donors (Lipinski definition) is 2. The lowest BCUT2D eigenvalue weighted by Crippen LogP contribution is -2.37. The zero-order valence-corrected chi connectivity index (χ0v) is 19.6. The smallest absolute Gasteiger partial charge is 0.404 e. The van der Waals surface area contributed by atoms with Crippen molar-refractivity contribution in [3.05, 3.63) is 49.2 Å². The fourth-order valence-electron chi connectivity index (χ4n) is 4.05. The second kappa shape index (κ2) is 10.2. The van der Waals surface area contributed by atoms with E-state index in [4.69, 9.17) is 9.84 Å². The van der Waals surface area contributed by atoms with Gasteiger partial charge < -0.3 is 15.2 Å². The highest BCUT2D eigenvalue weighted by Crippen LogP contribution is 2.30. The summed E-state index contributed by atoms with van der Waals surface area (Å²) in [6.45, 7) is 2.12. The second-order valence-corrected chi connectivity index (χ2v) is 10.6. The molecule has 10 nitrogen and oxygen atoms in total. The van der Waals surface area contributed by atoms with Crippen LogP contribution in [0, 0.1) is 5.92 Å². The fraction of sp³-hybridized carbons (Fsp3) is 0.391. The molecule has 1 aromatic carbocycles. The van der Waals surface area contributed by atoms with Crippen LogP contribution in [0.2, 0.25) is 0 Å². The molecule has 2 aromatic heterocycles. The average molecular weight is 486 g/mol. The topological polar surface area (TPSA) is 136 Å². The van der Waals surface area contributed by atoms with Crippen LogP contribution in [0.4, 0.5) is 4.79 Å². The van der Waals surface area contributed by atoms with E-state index >= 15 is 0 Å². The Hall–Kier alpha value is -3.47. The number of nitrogens with one attached hydrogen (secondary N) is 1. The minimum atomic E-state index is -3.26. The van der Waals surface area contributed by atoms with E-state index in [-0.39, 0.29) is 16.7 Å². The van der Waals surface area contributed by atoms with E-state index < -0.39 is 15.9 Å². The lowest BCUT2D eigenvalue weighted by molar-refractivity contribution is 0.169. The number of carboxylic acid groups (broad SMARTS) is 1. The Morgan fingerprint density at radius 3 is 2.59 bits per heavy atom. The molecule has 1 fully saturated rings. The Kier molecular flexibility index (Phi) is 7.11. The zero-order valence-electron chi connectivity index (χ0n) is 18.8. The summed E-state index contributed by atoms with van der Waals surface area (Å²) in [5, 5.41) is 15.8. The number of carbonyl (C=O) groups is 1. The Morgan fingerprint density at radius 1 is 1.18 bits per heavy atom. The molecule has 34 heavy (non-hydrogen) atoms. The van der Waals surface area contributed by atoms with Crippen LogP contribution in [-0.2, 0) is 9.84 Å². The highest BCUT2D eigenvalue weighted by Gasteiger charge is 2.23. The summed E-state index contributed by atoms with van der Waals surface area (Å²) in [5.41, 5.74) is 2.09. The van der Waals surface area contributed by atoms with Crippen molar-refractivity contribution in [3.8, 4) is 22.7 Å². The first-order valence-corrected chi connectivity index (χ1v) is 12.8. The van der Waals surface area contributed by atoms with Crippen molar-refractivity contribution in [2.45, 2.75) is 43.5 Å². The van der Waals surface area contributed by atoms with Gasteiger partial charge in [-0.3, -0.25) is 0 Å². The number of nitrogens with zero attached hydrogens (tertiary/aromatic N) is 4. The quantitative estimate of drug-likeness (QED) is 0.496. The van der Waals surface area contributed by atoms with Crippen LogP contribution < -0.4 is 10.1 Å². The number of amides is 1. The Balaban J connectivity index is 1.43. The van der Waals surface area contributed by atoms with Crippen molar-refractivity contribution in [1.82, 2.24) is 25.1 Å². The van der Waals surface area contributed by atoms with Gasteiger partial charge in [0.25, 0.3) is 0 Å². The van der Waals surface area contributed by atoms with E-state index in [0.29, 0.717) is 24.0 Å². The molecule has 2 heterocycles. The molecule has 0 atom stereocenters. The Bertz CT molecular complexity index is 1230. The second-order valence-electron chi connectivity index (χ2n) is 8.28. The molecule has 3 aromatic rings. The normalized spacial score (nSPS) is 18.4. The van der Waals surface area contributed by atoms with Gasteiger partial charge >= 0.3 is 6.09 Å². The van der Waals surface area contributed by atoms with Gasteiger partial charge in [-0.15, -0.1) is 0 Å². The minimum absolute atomic E-state index is 0.00588. The summed E-state index contributed by atoms with van der Waals surface area (Å²) in [4.78, 5) is 19.6. The van der Waals surface area contributed by atoms with E-state index in [1.165, 1.54) is 6.33 Å². The van der Waals surface area contributed by atoms with Crippen LogP contribution in [0.1, 0.15) is 32.6 Å². The predicted molar refractivity (Wildman–Crippen MR) is 125 cm³/mol. The number of sulfone groups is 1. The molecule has 4 rings (SSSR count). The van der Waals surface area contributed by atoms with Gasteiger partial charge in [0.15, 0.2) is 15.6 Å². The Labute approximate surface area is 197 Å². The van der Waals surface area contributed by atoms with Crippen LogP contribution in [0.5, 0.6) is 5.75 Å². The van der Waals surface area contributed by atoms with Gasteiger partial charge in [-0.25, -0.2) is 27.9 Å². The number of hydrogen-bond acceptors (Lipinski definition) is 7. The van der Waals surface area contributed by atoms with Crippen molar-refractivity contribution in [1.29, 1.82) is 0 Å². The SMILES string of the molecule is CCS(=O)(=O)c1ccc(-n2cc(-c3ncncc3OC[C@H]3CC[C@@H](NC(=O)O)CC3)cn2)cc1. The molecule has 0 bridgehead atoms. The van der Waals surface area contributed by atoms with Gasteiger partial charge in [0, 0.05) is 17.8 Å². The summed E-state index contributed by atoms with van der Waals surface area (Å²) in [7, 11) is -3.26. The highest BCUT2D eigenvalue weighted by molar-refractivity contribution is 7.91. The van der Waals surface area contributed by atoms with Gasteiger partial charge in [0.05, 0.1) is 35.3 Å². The van der Waals surface area contributed by atoms with Crippen LogP contribution in [-0.4, -0.2) is 57.8 Å². The van der Waals surface area contributed by atoms with E-state index in [1.807, 2.05) is 0 Å². The number of ether oxygens (including phenoxy) is 1. The minimum Gasteiger partial charge on any atom is -0.489 e. The Morgan fingerprint density at radius 2 is 1.91 bits per heavy atom. The van der Waals surface area contributed by atoms with Crippen LogP contribution in [0.15, 0.2) is 54.1 Å². The first-order chi connectivity index (χ1) is 16.4. The summed E-state index contributed by atoms with van der Waals surface area (Å²) < 4.78 is 31.8. The van der Waals surface area contributed by atoms with Crippen molar-refractivity contribution in [2.24, 2.45) is 5.92 Å². The fourth-order valence-corrected chi connectivity index (χ4v) is 4.94. The molecule has 1 amide bonds. The standard InChI is InChI=1S/C23H27N5O5S/c1-2-34(31,32)20-9-7-19(8-10-20)28-13-17(11-26-28)22-21(12-24-15-25-22)33-14-16-3-5-18(6-4-16)27-23(29)30/h7-13,15-16,18,27H,2-6,14H2,1H3,(H,29,30)/t16-,18+. The average Bonchev–Trinajstić information content (AvgIpc) is 3.34. The first-order valence-electron chi connectivity index (χ1n) is 11.2. The van der Waals surface area contributed by atoms with Gasteiger partial charge in [0.2, 0.25) is 0 Å². The van der Waals surface area contributed by atoms with E-state index in [2.05, 4.69) is 20.4 Å². The largest absolute Gasteiger partial charge is 0.489 e. The highest BCUT2D eigenvalue weighted by atomic mass is 32.2. The molecular formula is C23H27N5O5S. The molecule has 0 radical (unpaired) electrons. The van der Waals surface area contributed by atoms with Crippen molar-refractivity contribution < 1.29 is 23.1 Å². The third-order valence-corrected chi connectivity index (χ3v) is 7.77. The van der Waals surface area contributed by atoms with Gasteiger partial charge in [-0.1, -0.05) is 6.92 Å². The maximum absolute atomic E-state index is 12.0. The molecule has 2 N–H and O–H groups in total. The van der Waals surface area contributed by atoms with Crippen LogP contribution in [0.3, 0.4) is 0 Å². The summed E-state index contributed by atoms with van der Waals surface area (Å²) in [6, 6.07) is 6.59. The maximum Gasteiger partial charge on any atom is 0.404 e. The third-order valence-electron chi connectivity index (χ3n) is 6.02. The summed E-state index contributed by atoms with van der Waals surface area (Å²) >= 11 is 0. The molecule has 1 aliphatic carbocycles. The predicted octanol–water partition coefficient (Wildman–Crippen LogP) is 3.33. The maximum atomic E-state index is 12.0. The van der Waals surface area contributed by atoms with E-state index in [0.717, 1.165) is 36.9 Å². The number of benzene rings is 1. The summed E-state index contributed by atoms with van der Waals surface area (Å²) in [6.07, 6.45) is 8.94. The molecular weight excluding hydrogens is 458 g/mol. The van der Waals surface area contributed by atoms with Gasteiger partial charge in [0.1, 0.15) is 12.0 Å². The van der Waals surface area contributed by atoms with Crippen LogP contribution in [0.25, 0.3) is 16.9 Å². The molecule has 0 unspecified atom stereocenters. The molecule has 11 heteroatoms. The summed E-state index contributed by atoms with van der Waals surface area (Å²) in [5.74, 6) is 0.938.